The Morgan fingerprint density at radius 3 is 2.67 bits per heavy atom. The van der Waals surface area contributed by atoms with Crippen LogP contribution in [-0.2, 0) is 6.42 Å². The Bertz CT molecular complexity index is 691. The van der Waals surface area contributed by atoms with Crippen LogP contribution in [0.3, 0.4) is 0 Å². The summed E-state index contributed by atoms with van der Waals surface area (Å²) in [6, 6.07) is 5.77. The van der Waals surface area contributed by atoms with Crippen molar-refractivity contribution in [1.29, 1.82) is 0 Å². The van der Waals surface area contributed by atoms with E-state index in [2.05, 4.69) is 0 Å². The lowest BCUT2D eigenvalue weighted by atomic mass is 10.1. The fourth-order valence-electron chi connectivity index (χ4n) is 1.86. The van der Waals surface area contributed by atoms with Gasteiger partial charge in [0.15, 0.2) is 6.10 Å². The number of aliphatic hydroxyl groups is 1. The molecule has 0 aliphatic heterocycles. The lowest BCUT2D eigenvalue weighted by molar-refractivity contribution is -0.210. The van der Waals surface area contributed by atoms with Gasteiger partial charge in [-0.1, -0.05) is 6.92 Å². The quantitative estimate of drug-likeness (QED) is 0.882. The van der Waals surface area contributed by atoms with Crippen molar-refractivity contribution in [3.05, 3.63) is 40.2 Å². The number of benzene rings is 1. The summed E-state index contributed by atoms with van der Waals surface area (Å²) in [5, 5.41) is 9.56. The zero-order valence-electron chi connectivity index (χ0n) is 11.1. The second-order valence-corrected chi connectivity index (χ2v) is 4.47. The van der Waals surface area contributed by atoms with Gasteiger partial charge in [0.25, 0.3) is 0 Å². The van der Waals surface area contributed by atoms with Crippen molar-refractivity contribution >= 4 is 11.0 Å². The van der Waals surface area contributed by atoms with Crippen molar-refractivity contribution in [2.24, 2.45) is 0 Å². The highest BCUT2D eigenvalue weighted by Gasteiger charge is 2.38. The SMILES string of the molecule is CCc1cc(=O)oc2cc(OC[C@H](O)C(F)(F)F)ccc12. The summed E-state index contributed by atoms with van der Waals surface area (Å²) in [6.45, 7) is 0.949. The van der Waals surface area contributed by atoms with Gasteiger partial charge in [0.05, 0.1) is 0 Å². The minimum atomic E-state index is -4.74. The molecule has 0 amide bonds. The topological polar surface area (TPSA) is 59.7 Å². The average molecular weight is 302 g/mol. The summed E-state index contributed by atoms with van der Waals surface area (Å²) in [7, 11) is 0. The molecule has 0 radical (unpaired) electrons. The first kappa shape index (κ1) is 15.4. The third-order valence-corrected chi connectivity index (χ3v) is 2.97. The number of hydrogen-bond acceptors (Lipinski definition) is 4. The number of aryl methyl sites for hydroxylation is 1. The molecule has 0 saturated carbocycles. The van der Waals surface area contributed by atoms with Crippen LogP contribution in [0.1, 0.15) is 12.5 Å². The number of hydrogen-bond donors (Lipinski definition) is 1. The van der Waals surface area contributed by atoms with E-state index in [1.807, 2.05) is 6.92 Å². The molecule has 114 valence electrons. The molecule has 7 heteroatoms. The highest BCUT2D eigenvalue weighted by Crippen LogP contribution is 2.25. The molecule has 1 aromatic heterocycles. The van der Waals surface area contributed by atoms with Gasteiger partial charge in [-0.25, -0.2) is 4.79 Å². The fraction of sp³-hybridized carbons (Fsp3) is 0.357. The Morgan fingerprint density at radius 1 is 1.33 bits per heavy atom. The number of fused-ring (bicyclic) bond motifs is 1. The zero-order chi connectivity index (χ0) is 15.6. The predicted octanol–water partition coefficient (Wildman–Crippen LogP) is 2.66. The first-order chi connectivity index (χ1) is 9.81. The number of aliphatic hydroxyl groups excluding tert-OH is 1. The Hall–Kier alpha value is -2.02. The van der Waals surface area contributed by atoms with Gasteiger partial charge < -0.3 is 14.3 Å². The van der Waals surface area contributed by atoms with Gasteiger partial charge in [-0.15, -0.1) is 0 Å². The molecule has 1 N–H and O–H groups in total. The summed E-state index contributed by atoms with van der Waals surface area (Å²) in [6.07, 6.45) is -6.68. The number of halogens is 3. The molecule has 0 aliphatic carbocycles. The van der Waals surface area contributed by atoms with Gasteiger partial charge in [-0.3, -0.25) is 0 Å². The molecule has 0 spiro atoms. The van der Waals surface area contributed by atoms with E-state index in [1.165, 1.54) is 18.2 Å². The highest BCUT2D eigenvalue weighted by molar-refractivity contribution is 5.81. The molecule has 0 unspecified atom stereocenters. The molecule has 0 bridgehead atoms. The van der Waals surface area contributed by atoms with E-state index >= 15 is 0 Å². The number of alkyl halides is 3. The molecule has 1 aromatic carbocycles. The van der Waals surface area contributed by atoms with E-state index in [-0.39, 0.29) is 11.3 Å². The number of ether oxygens (including phenoxy) is 1. The molecule has 4 nitrogen and oxygen atoms in total. The third-order valence-electron chi connectivity index (χ3n) is 2.97. The van der Waals surface area contributed by atoms with Gasteiger partial charge in [0.2, 0.25) is 0 Å². The smallest absolute Gasteiger partial charge is 0.417 e. The minimum Gasteiger partial charge on any atom is -0.490 e. The maximum absolute atomic E-state index is 12.2. The van der Waals surface area contributed by atoms with Crippen molar-refractivity contribution in [2.75, 3.05) is 6.61 Å². The zero-order valence-corrected chi connectivity index (χ0v) is 11.1. The van der Waals surface area contributed by atoms with Gasteiger partial charge in [-0.05, 0) is 24.1 Å². The molecule has 0 fully saturated rings. The third kappa shape index (κ3) is 3.55. The van der Waals surface area contributed by atoms with Crippen molar-refractivity contribution in [3.8, 4) is 5.75 Å². The maximum atomic E-state index is 12.2. The van der Waals surface area contributed by atoms with Gasteiger partial charge in [0.1, 0.15) is 17.9 Å². The average Bonchev–Trinajstić information content (AvgIpc) is 2.42. The van der Waals surface area contributed by atoms with Crippen LogP contribution in [0.25, 0.3) is 11.0 Å². The first-order valence-electron chi connectivity index (χ1n) is 6.25. The first-order valence-corrected chi connectivity index (χ1v) is 6.25. The molecule has 21 heavy (non-hydrogen) atoms. The maximum Gasteiger partial charge on any atom is 0.417 e. The van der Waals surface area contributed by atoms with Crippen LogP contribution in [0.15, 0.2) is 33.5 Å². The van der Waals surface area contributed by atoms with E-state index in [4.69, 9.17) is 14.3 Å². The van der Waals surface area contributed by atoms with E-state index in [1.54, 1.807) is 6.07 Å². The lowest BCUT2D eigenvalue weighted by Gasteiger charge is -2.15. The van der Waals surface area contributed by atoms with Crippen LogP contribution in [-0.4, -0.2) is 24.0 Å². The standard InChI is InChI=1S/C14H13F3O4/c1-2-8-5-13(19)21-11-6-9(3-4-10(8)11)20-7-12(18)14(15,16)17/h3-6,12,18H,2,7H2,1H3/t12-/m0/s1. The van der Waals surface area contributed by atoms with Gasteiger partial charge in [0, 0.05) is 17.5 Å². The summed E-state index contributed by atoms with van der Waals surface area (Å²) in [4.78, 5) is 11.4. The Morgan fingerprint density at radius 2 is 2.05 bits per heavy atom. The molecular weight excluding hydrogens is 289 g/mol. The second kappa shape index (κ2) is 5.77. The second-order valence-electron chi connectivity index (χ2n) is 4.47. The molecule has 0 aliphatic rings. The molecular formula is C14H13F3O4. The largest absolute Gasteiger partial charge is 0.490 e. The molecule has 1 heterocycles. The minimum absolute atomic E-state index is 0.0854. The van der Waals surface area contributed by atoms with Gasteiger partial charge in [-0.2, -0.15) is 13.2 Å². The van der Waals surface area contributed by atoms with Crippen LogP contribution < -0.4 is 10.4 Å². The van der Waals surface area contributed by atoms with Crippen LogP contribution in [0.5, 0.6) is 5.75 Å². The van der Waals surface area contributed by atoms with Crippen molar-refractivity contribution < 1.29 is 27.4 Å². The fourth-order valence-corrected chi connectivity index (χ4v) is 1.86. The van der Waals surface area contributed by atoms with Crippen molar-refractivity contribution in [2.45, 2.75) is 25.6 Å². The highest BCUT2D eigenvalue weighted by atomic mass is 19.4. The summed E-state index contributed by atoms with van der Waals surface area (Å²) >= 11 is 0. The summed E-state index contributed by atoms with van der Waals surface area (Å²) in [5.41, 5.74) is 0.480. The monoisotopic (exact) mass is 302 g/mol. The molecule has 2 aromatic rings. The van der Waals surface area contributed by atoms with Crippen LogP contribution in [0, 0.1) is 0 Å². The van der Waals surface area contributed by atoms with Crippen LogP contribution in [0.4, 0.5) is 13.2 Å². The van der Waals surface area contributed by atoms with E-state index < -0.39 is 24.5 Å². The van der Waals surface area contributed by atoms with Crippen molar-refractivity contribution in [1.82, 2.24) is 0 Å². The van der Waals surface area contributed by atoms with Crippen molar-refractivity contribution in [3.63, 3.8) is 0 Å². The van der Waals surface area contributed by atoms with Crippen LogP contribution >= 0.6 is 0 Å². The van der Waals surface area contributed by atoms with E-state index in [0.29, 0.717) is 11.8 Å². The Kier molecular flexibility index (Phi) is 4.22. The predicted molar refractivity (Wildman–Crippen MR) is 69.4 cm³/mol. The summed E-state index contributed by atoms with van der Waals surface area (Å²) in [5.74, 6) is 0.0854. The molecule has 0 saturated heterocycles. The number of rotatable bonds is 4. The Balaban J connectivity index is 2.25. The lowest BCUT2D eigenvalue weighted by Crippen LogP contribution is -2.34. The Labute approximate surface area is 117 Å². The van der Waals surface area contributed by atoms with Crippen LogP contribution in [0.2, 0.25) is 0 Å². The van der Waals surface area contributed by atoms with E-state index in [0.717, 1.165) is 5.56 Å². The molecule has 1 atom stereocenters. The molecule has 2 rings (SSSR count). The van der Waals surface area contributed by atoms with E-state index in [9.17, 15) is 18.0 Å². The summed E-state index contributed by atoms with van der Waals surface area (Å²) < 4.78 is 46.4. The normalized spacial score (nSPS) is 13.4. The van der Waals surface area contributed by atoms with Gasteiger partial charge >= 0.3 is 11.8 Å².